The van der Waals surface area contributed by atoms with Crippen LogP contribution in [-0.2, 0) is 11.0 Å². The fourth-order valence-electron chi connectivity index (χ4n) is 3.52. The van der Waals surface area contributed by atoms with Gasteiger partial charge in [-0.25, -0.2) is 0 Å². The van der Waals surface area contributed by atoms with Crippen LogP contribution in [0.5, 0.6) is 0 Å². The van der Waals surface area contributed by atoms with Gasteiger partial charge in [0.25, 0.3) is 5.91 Å². The maximum Gasteiger partial charge on any atom is 0.418 e. The van der Waals surface area contributed by atoms with E-state index in [1.807, 2.05) is 11.0 Å². The van der Waals surface area contributed by atoms with Gasteiger partial charge in [-0.3, -0.25) is 4.79 Å². The SMILES string of the molecule is Cc1cccc(N2CCN(/C=C(/C#N)C(=O)Nc3ccccc3C(F)(F)F)CC2)c1C. The second-order valence-corrected chi connectivity index (χ2v) is 7.39. The van der Waals surface area contributed by atoms with Crippen molar-refractivity contribution in [3.63, 3.8) is 0 Å². The summed E-state index contributed by atoms with van der Waals surface area (Å²) in [4.78, 5) is 16.5. The van der Waals surface area contributed by atoms with Crippen molar-refractivity contribution < 1.29 is 18.0 Å². The number of piperazine rings is 1. The topological polar surface area (TPSA) is 59.4 Å². The molecule has 31 heavy (non-hydrogen) atoms. The molecular formula is C23H23F3N4O. The van der Waals surface area contributed by atoms with Crippen molar-refractivity contribution in [2.75, 3.05) is 36.4 Å². The van der Waals surface area contributed by atoms with Gasteiger partial charge in [0.1, 0.15) is 11.6 Å². The number of hydrogen-bond donors (Lipinski definition) is 1. The first-order chi connectivity index (χ1) is 14.7. The van der Waals surface area contributed by atoms with E-state index in [4.69, 9.17) is 0 Å². The number of carbonyl (C=O) groups is 1. The van der Waals surface area contributed by atoms with Crippen LogP contribution in [0.2, 0.25) is 0 Å². The molecule has 0 bridgehead atoms. The van der Waals surface area contributed by atoms with Crippen molar-refractivity contribution in [3.05, 3.63) is 70.9 Å². The molecule has 162 valence electrons. The van der Waals surface area contributed by atoms with Gasteiger partial charge in [-0.1, -0.05) is 24.3 Å². The maximum atomic E-state index is 13.1. The summed E-state index contributed by atoms with van der Waals surface area (Å²) >= 11 is 0. The molecule has 0 radical (unpaired) electrons. The molecule has 1 fully saturated rings. The summed E-state index contributed by atoms with van der Waals surface area (Å²) in [6.45, 7) is 6.73. The van der Waals surface area contributed by atoms with Crippen molar-refractivity contribution in [1.29, 1.82) is 5.26 Å². The fraction of sp³-hybridized carbons (Fsp3) is 0.304. The minimum Gasteiger partial charge on any atom is -0.373 e. The number of halogens is 3. The van der Waals surface area contributed by atoms with E-state index in [1.165, 1.54) is 35.5 Å². The molecule has 1 aliphatic heterocycles. The molecule has 1 N–H and O–H groups in total. The van der Waals surface area contributed by atoms with E-state index >= 15 is 0 Å². The third-order valence-corrected chi connectivity index (χ3v) is 5.39. The average molecular weight is 428 g/mol. The molecule has 3 rings (SSSR count). The number of anilines is 2. The standard InChI is InChI=1S/C23H23F3N4O/c1-16-6-5-9-21(17(16)2)30-12-10-29(11-13-30)15-18(14-27)22(31)28-20-8-4-3-7-19(20)23(24,25)26/h3-9,15H,10-13H2,1-2H3,(H,28,31)/b18-15-. The molecule has 1 amide bonds. The molecule has 0 aromatic heterocycles. The summed E-state index contributed by atoms with van der Waals surface area (Å²) < 4.78 is 39.4. The number of aryl methyl sites for hydroxylation is 1. The lowest BCUT2D eigenvalue weighted by Crippen LogP contribution is -2.44. The van der Waals surface area contributed by atoms with Crippen molar-refractivity contribution in [3.8, 4) is 6.07 Å². The van der Waals surface area contributed by atoms with E-state index in [2.05, 4.69) is 36.2 Å². The third kappa shape index (κ3) is 5.18. The van der Waals surface area contributed by atoms with E-state index in [0.717, 1.165) is 11.8 Å². The van der Waals surface area contributed by atoms with Crippen LogP contribution in [0.15, 0.2) is 54.2 Å². The number of alkyl halides is 3. The minimum absolute atomic E-state index is 0.239. The van der Waals surface area contributed by atoms with Gasteiger partial charge in [0, 0.05) is 38.1 Å². The third-order valence-electron chi connectivity index (χ3n) is 5.39. The van der Waals surface area contributed by atoms with E-state index < -0.39 is 17.6 Å². The number of hydrogen-bond acceptors (Lipinski definition) is 4. The normalized spacial score (nSPS) is 14.9. The Kier molecular flexibility index (Phi) is 6.54. The molecular weight excluding hydrogens is 405 g/mol. The molecule has 0 atom stereocenters. The van der Waals surface area contributed by atoms with Crippen molar-refractivity contribution in [2.24, 2.45) is 0 Å². The van der Waals surface area contributed by atoms with E-state index in [1.54, 1.807) is 6.07 Å². The van der Waals surface area contributed by atoms with Gasteiger partial charge in [-0.15, -0.1) is 0 Å². The second kappa shape index (κ2) is 9.13. The van der Waals surface area contributed by atoms with Crippen LogP contribution >= 0.6 is 0 Å². The Morgan fingerprint density at radius 2 is 1.74 bits per heavy atom. The highest BCUT2D eigenvalue weighted by atomic mass is 19.4. The number of nitrogens with one attached hydrogen (secondary N) is 1. The Labute approximate surface area is 179 Å². The number of nitriles is 1. The van der Waals surface area contributed by atoms with Crippen LogP contribution in [0.1, 0.15) is 16.7 Å². The van der Waals surface area contributed by atoms with Gasteiger partial charge in [0.15, 0.2) is 0 Å². The zero-order valence-corrected chi connectivity index (χ0v) is 17.3. The number of nitrogens with zero attached hydrogens (tertiary/aromatic N) is 3. The number of carbonyl (C=O) groups excluding carboxylic acids is 1. The predicted molar refractivity (Wildman–Crippen MR) is 113 cm³/mol. The molecule has 5 nitrogen and oxygen atoms in total. The van der Waals surface area contributed by atoms with Crippen molar-refractivity contribution in [2.45, 2.75) is 20.0 Å². The lowest BCUT2D eigenvalue weighted by Gasteiger charge is -2.36. The van der Waals surface area contributed by atoms with E-state index in [0.29, 0.717) is 26.2 Å². The van der Waals surface area contributed by atoms with E-state index in [9.17, 15) is 23.2 Å². The summed E-state index contributed by atoms with van der Waals surface area (Å²) in [5.74, 6) is -0.865. The minimum atomic E-state index is -4.61. The quantitative estimate of drug-likeness (QED) is 0.576. The van der Waals surface area contributed by atoms with Crippen LogP contribution in [0.3, 0.4) is 0 Å². The van der Waals surface area contributed by atoms with Crippen molar-refractivity contribution in [1.82, 2.24) is 4.90 Å². The van der Waals surface area contributed by atoms with Crippen LogP contribution in [0.25, 0.3) is 0 Å². The summed E-state index contributed by atoms with van der Waals surface area (Å²) in [6, 6.07) is 12.6. The van der Waals surface area contributed by atoms with Crippen LogP contribution in [-0.4, -0.2) is 37.0 Å². The largest absolute Gasteiger partial charge is 0.418 e. The van der Waals surface area contributed by atoms with Crippen molar-refractivity contribution >= 4 is 17.3 Å². The van der Waals surface area contributed by atoms with Crippen LogP contribution < -0.4 is 10.2 Å². The van der Waals surface area contributed by atoms with E-state index in [-0.39, 0.29) is 11.3 Å². The lowest BCUT2D eigenvalue weighted by molar-refractivity contribution is -0.137. The highest BCUT2D eigenvalue weighted by molar-refractivity contribution is 6.06. The average Bonchev–Trinajstić information content (AvgIpc) is 2.74. The molecule has 8 heteroatoms. The first-order valence-corrected chi connectivity index (χ1v) is 9.85. The Hall–Kier alpha value is -3.47. The Morgan fingerprint density at radius 1 is 1.06 bits per heavy atom. The zero-order chi connectivity index (χ0) is 22.6. The molecule has 0 spiro atoms. The second-order valence-electron chi connectivity index (χ2n) is 7.39. The number of benzene rings is 2. The lowest BCUT2D eigenvalue weighted by atomic mass is 10.1. The van der Waals surface area contributed by atoms with Gasteiger partial charge in [-0.05, 0) is 43.2 Å². The van der Waals surface area contributed by atoms with Gasteiger partial charge >= 0.3 is 6.18 Å². The first-order valence-electron chi connectivity index (χ1n) is 9.85. The molecule has 1 heterocycles. The zero-order valence-electron chi connectivity index (χ0n) is 17.3. The highest BCUT2D eigenvalue weighted by Gasteiger charge is 2.33. The molecule has 0 unspecified atom stereocenters. The molecule has 1 saturated heterocycles. The van der Waals surface area contributed by atoms with Gasteiger partial charge in [0.2, 0.25) is 0 Å². The molecule has 2 aromatic rings. The fourth-order valence-corrected chi connectivity index (χ4v) is 3.52. The summed E-state index contributed by atoms with van der Waals surface area (Å²) in [7, 11) is 0. The highest BCUT2D eigenvalue weighted by Crippen LogP contribution is 2.34. The molecule has 2 aromatic carbocycles. The number of rotatable bonds is 4. The number of para-hydroxylation sites is 1. The first kappa shape index (κ1) is 22.2. The monoisotopic (exact) mass is 428 g/mol. The summed E-state index contributed by atoms with van der Waals surface area (Å²) in [5.41, 5.74) is 2.01. The molecule has 0 aliphatic carbocycles. The van der Waals surface area contributed by atoms with Gasteiger partial charge in [0.05, 0.1) is 11.3 Å². The van der Waals surface area contributed by atoms with Crippen LogP contribution in [0, 0.1) is 25.2 Å². The molecule has 0 saturated carbocycles. The summed E-state index contributed by atoms with van der Waals surface area (Å²) in [6.07, 6.45) is -3.18. The maximum absolute atomic E-state index is 13.1. The Morgan fingerprint density at radius 3 is 2.39 bits per heavy atom. The smallest absolute Gasteiger partial charge is 0.373 e. The van der Waals surface area contributed by atoms with Crippen LogP contribution in [0.4, 0.5) is 24.5 Å². The molecule has 1 aliphatic rings. The Balaban J connectivity index is 1.69. The number of amides is 1. The predicted octanol–water partition coefficient (Wildman–Crippen LogP) is 4.49. The van der Waals surface area contributed by atoms with Gasteiger partial charge in [-0.2, -0.15) is 18.4 Å². The summed E-state index contributed by atoms with van der Waals surface area (Å²) in [5, 5.41) is 11.6. The Bertz CT molecular complexity index is 1030. The van der Waals surface area contributed by atoms with Gasteiger partial charge < -0.3 is 15.1 Å².